The second-order valence-corrected chi connectivity index (χ2v) is 4.60. The lowest BCUT2D eigenvalue weighted by molar-refractivity contribution is 0.224. The molecule has 2 heteroatoms. The zero-order valence-electron chi connectivity index (χ0n) is 11.3. The quantitative estimate of drug-likeness (QED) is 0.821. The average Bonchev–Trinajstić information content (AvgIpc) is 2.96. The van der Waals surface area contributed by atoms with Gasteiger partial charge in [0.1, 0.15) is 11.9 Å². The average molecular weight is 264 g/mol. The van der Waals surface area contributed by atoms with Crippen molar-refractivity contribution in [1.29, 1.82) is 0 Å². The summed E-state index contributed by atoms with van der Waals surface area (Å²) >= 11 is 0. The van der Waals surface area contributed by atoms with Gasteiger partial charge in [-0.25, -0.2) is 0 Å². The Bertz CT molecular complexity index is 631. The topological polar surface area (TPSA) is 18.5 Å². The Morgan fingerprint density at radius 1 is 1.15 bits per heavy atom. The van der Waals surface area contributed by atoms with Crippen molar-refractivity contribution in [2.24, 2.45) is 0 Å². The predicted octanol–water partition coefficient (Wildman–Crippen LogP) is 4.01. The number of fused-ring (bicyclic) bond motifs is 1. The fourth-order valence-corrected chi connectivity index (χ4v) is 2.35. The number of allylic oxidation sites excluding steroid dienone is 3. The third-order valence-electron chi connectivity index (χ3n) is 3.32. The van der Waals surface area contributed by atoms with E-state index in [0.717, 1.165) is 16.9 Å². The molecule has 0 unspecified atom stereocenters. The van der Waals surface area contributed by atoms with Crippen LogP contribution in [-0.2, 0) is 9.47 Å². The molecule has 0 amide bonds. The number of benzene rings is 1. The molecule has 100 valence electrons. The Balaban J connectivity index is 1.85. The van der Waals surface area contributed by atoms with Crippen LogP contribution in [0, 0.1) is 0 Å². The van der Waals surface area contributed by atoms with Crippen LogP contribution in [0.3, 0.4) is 0 Å². The molecule has 2 nitrogen and oxygen atoms in total. The van der Waals surface area contributed by atoms with Crippen molar-refractivity contribution < 1.29 is 9.47 Å². The van der Waals surface area contributed by atoms with Crippen molar-refractivity contribution in [3.63, 3.8) is 0 Å². The maximum Gasteiger partial charge on any atom is 0.145 e. The van der Waals surface area contributed by atoms with Gasteiger partial charge in [0.05, 0.1) is 13.4 Å². The zero-order chi connectivity index (χ0) is 13.8. The first-order valence-electron chi connectivity index (χ1n) is 6.60. The molecule has 2 aliphatic rings. The summed E-state index contributed by atoms with van der Waals surface area (Å²) in [4.78, 5) is 0. The van der Waals surface area contributed by atoms with Crippen molar-refractivity contribution in [2.75, 3.05) is 7.11 Å². The molecule has 1 atom stereocenters. The van der Waals surface area contributed by atoms with Gasteiger partial charge in [0, 0.05) is 11.1 Å². The van der Waals surface area contributed by atoms with E-state index in [2.05, 4.69) is 24.3 Å². The largest absolute Gasteiger partial charge is 0.496 e. The summed E-state index contributed by atoms with van der Waals surface area (Å²) < 4.78 is 11.0. The van der Waals surface area contributed by atoms with Gasteiger partial charge < -0.3 is 9.47 Å². The summed E-state index contributed by atoms with van der Waals surface area (Å²) in [5.41, 5.74) is 3.31. The predicted molar refractivity (Wildman–Crippen MR) is 80.7 cm³/mol. The van der Waals surface area contributed by atoms with Crippen LogP contribution in [0.5, 0.6) is 0 Å². The van der Waals surface area contributed by atoms with Gasteiger partial charge in [-0.1, -0.05) is 54.6 Å². The molecule has 0 saturated carbocycles. The van der Waals surface area contributed by atoms with E-state index in [4.69, 9.17) is 9.47 Å². The normalized spacial score (nSPS) is 22.4. The summed E-state index contributed by atoms with van der Waals surface area (Å²) in [6.07, 6.45) is 13.9. The second-order valence-electron chi connectivity index (χ2n) is 4.60. The van der Waals surface area contributed by atoms with Gasteiger partial charge in [-0.05, 0) is 17.7 Å². The molecule has 0 fully saturated rings. The second kappa shape index (κ2) is 5.66. The van der Waals surface area contributed by atoms with Crippen LogP contribution in [0.4, 0.5) is 0 Å². The summed E-state index contributed by atoms with van der Waals surface area (Å²) in [7, 11) is 1.69. The van der Waals surface area contributed by atoms with Crippen molar-refractivity contribution in [3.8, 4) is 0 Å². The number of hydrogen-bond acceptors (Lipinski definition) is 2. The minimum Gasteiger partial charge on any atom is -0.496 e. The lowest BCUT2D eigenvalue weighted by atomic mass is 9.97. The van der Waals surface area contributed by atoms with Crippen molar-refractivity contribution in [2.45, 2.75) is 6.10 Å². The van der Waals surface area contributed by atoms with Crippen LogP contribution >= 0.6 is 0 Å². The lowest BCUT2D eigenvalue weighted by Crippen LogP contribution is -2.12. The van der Waals surface area contributed by atoms with Crippen LogP contribution in [0.25, 0.3) is 6.08 Å². The molecular weight excluding hydrogens is 248 g/mol. The fraction of sp³-hybridized carbons (Fsp3) is 0.111. The maximum atomic E-state index is 5.52. The number of ether oxygens (including phenoxy) is 2. The number of hydrogen-bond donors (Lipinski definition) is 0. The van der Waals surface area contributed by atoms with E-state index >= 15 is 0 Å². The van der Waals surface area contributed by atoms with Gasteiger partial charge in [0.25, 0.3) is 0 Å². The van der Waals surface area contributed by atoms with E-state index in [-0.39, 0.29) is 6.10 Å². The Morgan fingerprint density at radius 3 is 2.80 bits per heavy atom. The monoisotopic (exact) mass is 264 g/mol. The highest BCUT2D eigenvalue weighted by Crippen LogP contribution is 2.31. The van der Waals surface area contributed by atoms with Gasteiger partial charge in [-0.15, -0.1) is 0 Å². The molecule has 3 rings (SSSR count). The Labute approximate surface area is 119 Å². The smallest absolute Gasteiger partial charge is 0.145 e. The molecule has 1 aliphatic heterocycles. The highest BCUT2D eigenvalue weighted by molar-refractivity contribution is 5.56. The maximum absolute atomic E-state index is 5.52. The molecule has 0 spiro atoms. The number of rotatable bonds is 3. The van der Waals surface area contributed by atoms with Gasteiger partial charge in [0.15, 0.2) is 0 Å². The van der Waals surface area contributed by atoms with Gasteiger partial charge in [-0.2, -0.15) is 0 Å². The van der Waals surface area contributed by atoms with Crippen LogP contribution < -0.4 is 0 Å². The van der Waals surface area contributed by atoms with Gasteiger partial charge in [0.2, 0.25) is 0 Å². The van der Waals surface area contributed by atoms with E-state index in [0.29, 0.717) is 0 Å². The molecule has 0 bridgehead atoms. The van der Waals surface area contributed by atoms with Crippen LogP contribution in [0.15, 0.2) is 83.9 Å². The van der Waals surface area contributed by atoms with Crippen LogP contribution in [0.1, 0.15) is 5.56 Å². The summed E-state index contributed by atoms with van der Waals surface area (Å²) in [5.74, 6) is 0.879. The van der Waals surface area contributed by atoms with E-state index in [1.807, 2.05) is 42.5 Å². The fourth-order valence-electron chi connectivity index (χ4n) is 2.35. The van der Waals surface area contributed by atoms with Crippen molar-refractivity contribution >= 4 is 6.08 Å². The lowest BCUT2D eigenvalue weighted by Gasteiger charge is -2.18. The molecule has 1 aromatic carbocycles. The van der Waals surface area contributed by atoms with E-state index in [9.17, 15) is 0 Å². The van der Waals surface area contributed by atoms with E-state index in [1.165, 1.54) is 5.56 Å². The van der Waals surface area contributed by atoms with Gasteiger partial charge >= 0.3 is 0 Å². The Kier molecular flexibility index (Phi) is 3.55. The Morgan fingerprint density at radius 2 is 2.00 bits per heavy atom. The molecule has 0 radical (unpaired) electrons. The first kappa shape index (κ1) is 12.5. The SMILES string of the molecule is COC1=C2C=CO[C@H]2C=C/C1=C\C=C\c1ccccc1. The van der Waals surface area contributed by atoms with Crippen LogP contribution in [-0.4, -0.2) is 13.2 Å². The minimum absolute atomic E-state index is 0.000188. The molecule has 1 aliphatic carbocycles. The van der Waals surface area contributed by atoms with E-state index < -0.39 is 0 Å². The molecule has 1 heterocycles. The molecule has 0 saturated heterocycles. The van der Waals surface area contributed by atoms with Crippen molar-refractivity contribution in [1.82, 2.24) is 0 Å². The third-order valence-corrected chi connectivity index (χ3v) is 3.32. The summed E-state index contributed by atoms with van der Waals surface area (Å²) in [5, 5.41) is 0. The molecule has 0 aromatic heterocycles. The third kappa shape index (κ3) is 2.45. The zero-order valence-corrected chi connectivity index (χ0v) is 11.3. The van der Waals surface area contributed by atoms with Crippen molar-refractivity contribution in [3.05, 3.63) is 89.4 Å². The molecule has 0 N–H and O–H groups in total. The van der Waals surface area contributed by atoms with Crippen LogP contribution in [0.2, 0.25) is 0 Å². The van der Waals surface area contributed by atoms with E-state index in [1.54, 1.807) is 13.4 Å². The highest BCUT2D eigenvalue weighted by Gasteiger charge is 2.24. The number of methoxy groups -OCH3 is 1. The standard InChI is InChI=1S/C18H16O2/c1-19-18-15(10-11-17-16(18)12-13-20-17)9-5-8-14-6-3-2-4-7-14/h2-13,17H,1H3/b8-5+,15-9+/t17-/m0/s1. The Hall–Kier alpha value is -2.48. The highest BCUT2D eigenvalue weighted by atomic mass is 16.5. The van der Waals surface area contributed by atoms with Gasteiger partial charge in [-0.3, -0.25) is 0 Å². The summed E-state index contributed by atoms with van der Waals surface area (Å²) in [6.45, 7) is 0. The molecule has 1 aromatic rings. The first-order valence-corrected chi connectivity index (χ1v) is 6.60. The minimum atomic E-state index is 0.000188. The first-order chi connectivity index (χ1) is 9.88. The molecule has 20 heavy (non-hydrogen) atoms. The molecular formula is C18H16O2. The summed E-state index contributed by atoms with van der Waals surface area (Å²) in [6, 6.07) is 10.2.